The molecule has 0 spiro atoms. The summed E-state index contributed by atoms with van der Waals surface area (Å²) >= 11 is 6.25. The van der Waals surface area contributed by atoms with Gasteiger partial charge in [0.1, 0.15) is 5.75 Å². The monoisotopic (exact) mass is 434 g/mol. The second-order valence-electron chi connectivity index (χ2n) is 7.50. The van der Waals surface area contributed by atoms with Gasteiger partial charge in [-0.3, -0.25) is 9.69 Å². The van der Waals surface area contributed by atoms with Crippen molar-refractivity contribution >= 4 is 33.0 Å². The standard InChI is InChI=1S/C21H23ClN2O4S/c1-28-20-8-7-16(11-17(20)22)24-19-14-29(26,27)13-18(19)23(12-21(24)25)10-9-15-5-3-2-4-6-15/h2-8,11,18-19H,9-10,12-14H2,1H3/t18-,19-/m0/s1. The number of carbonyl (C=O) groups excluding carboxylic acids is 1. The molecule has 0 N–H and O–H groups in total. The molecule has 2 saturated heterocycles. The molecule has 2 heterocycles. The summed E-state index contributed by atoms with van der Waals surface area (Å²) < 4.78 is 30.1. The Hall–Kier alpha value is -2.09. The molecule has 0 bridgehead atoms. The van der Waals surface area contributed by atoms with Gasteiger partial charge < -0.3 is 9.64 Å². The van der Waals surface area contributed by atoms with Gasteiger partial charge in [0.2, 0.25) is 5.91 Å². The fraction of sp³-hybridized carbons (Fsp3) is 0.381. The Morgan fingerprint density at radius 2 is 1.83 bits per heavy atom. The van der Waals surface area contributed by atoms with E-state index in [0.29, 0.717) is 23.0 Å². The first-order valence-electron chi connectivity index (χ1n) is 9.52. The Morgan fingerprint density at radius 1 is 1.10 bits per heavy atom. The number of hydrogen-bond acceptors (Lipinski definition) is 5. The molecule has 0 unspecified atom stereocenters. The summed E-state index contributed by atoms with van der Waals surface area (Å²) in [6.45, 7) is 0.830. The lowest BCUT2D eigenvalue weighted by Crippen LogP contribution is -2.62. The average Bonchev–Trinajstić information content (AvgIpc) is 3.01. The van der Waals surface area contributed by atoms with Crippen molar-refractivity contribution in [3.63, 3.8) is 0 Å². The van der Waals surface area contributed by atoms with Crippen molar-refractivity contribution in [1.82, 2.24) is 4.90 Å². The van der Waals surface area contributed by atoms with E-state index in [0.717, 1.165) is 6.42 Å². The van der Waals surface area contributed by atoms with Gasteiger partial charge in [0.05, 0.1) is 36.2 Å². The van der Waals surface area contributed by atoms with Gasteiger partial charge in [0.15, 0.2) is 9.84 Å². The molecule has 4 rings (SSSR count). The Balaban J connectivity index is 1.60. The minimum absolute atomic E-state index is 0.0328. The third-order valence-corrected chi connectivity index (χ3v) is 7.64. The molecule has 8 heteroatoms. The van der Waals surface area contributed by atoms with Crippen LogP contribution in [0, 0.1) is 0 Å². The largest absolute Gasteiger partial charge is 0.495 e. The number of halogens is 1. The maximum Gasteiger partial charge on any atom is 0.241 e. The highest BCUT2D eigenvalue weighted by Gasteiger charge is 2.49. The zero-order valence-corrected chi connectivity index (χ0v) is 17.7. The van der Waals surface area contributed by atoms with E-state index in [-0.39, 0.29) is 30.0 Å². The topological polar surface area (TPSA) is 66.9 Å². The molecule has 2 fully saturated rings. The number of nitrogens with zero attached hydrogens (tertiary/aromatic N) is 2. The summed E-state index contributed by atoms with van der Waals surface area (Å²) in [6.07, 6.45) is 0.770. The highest BCUT2D eigenvalue weighted by molar-refractivity contribution is 7.91. The summed E-state index contributed by atoms with van der Waals surface area (Å²) in [5, 5.41) is 0.390. The molecule has 0 saturated carbocycles. The predicted octanol–water partition coefficient (Wildman–Crippen LogP) is 2.41. The zero-order chi connectivity index (χ0) is 20.6. The lowest BCUT2D eigenvalue weighted by Gasteiger charge is -2.43. The van der Waals surface area contributed by atoms with Crippen molar-refractivity contribution < 1.29 is 17.9 Å². The molecule has 2 aromatic carbocycles. The van der Waals surface area contributed by atoms with E-state index in [4.69, 9.17) is 16.3 Å². The van der Waals surface area contributed by atoms with Crippen LogP contribution in [0.4, 0.5) is 5.69 Å². The van der Waals surface area contributed by atoms with E-state index < -0.39 is 15.9 Å². The third kappa shape index (κ3) is 4.13. The predicted molar refractivity (Wildman–Crippen MR) is 113 cm³/mol. The number of anilines is 1. The average molecular weight is 435 g/mol. The van der Waals surface area contributed by atoms with E-state index in [2.05, 4.69) is 0 Å². The molecule has 0 aromatic heterocycles. The second-order valence-corrected chi connectivity index (χ2v) is 10.1. The number of sulfone groups is 1. The molecule has 29 heavy (non-hydrogen) atoms. The van der Waals surface area contributed by atoms with E-state index >= 15 is 0 Å². The van der Waals surface area contributed by atoms with Gasteiger partial charge in [0.25, 0.3) is 0 Å². The van der Waals surface area contributed by atoms with Crippen LogP contribution in [0.1, 0.15) is 5.56 Å². The van der Waals surface area contributed by atoms with Crippen LogP contribution in [0.2, 0.25) is 5.02 Å². The van der Waals surface area contributed by atoms with Gasteiger partial charge in [-0.1, -0.05) is 41.9 Å². The molecular weight excluding hydrogens is 412 g/mol. The van der Waals surface area contributed by atoms with E-state index in [9.17, 15) is 13.2 Å². The molecule has 154 valence electrons. The first-order valence-corrected chi connectivity index (χ1v) is 11.7. The first-order chi connectivity index (χ1) is 13.9. The van der Waals surface area contributed by atoms with Crippen molar-refractivity contribution in [3.8, 4) is 5.75 Å². The molecule has 0 radical (unpaired) electrons. The van der Waals surface area contributed by atoms with Crippen molar-refractivity contribution in [2.75, 3.05) is 36.6 Å². The van der Waals surface area contributed by atoms with Crippen LogP contribution in [-0.2, 0) is 21.1 Å². The second kappa shape index (κ2) is 7.97. The molecule has 2 aliphatic rings. The third-order valence-electron chi connectivity index (χ3n) is 5.65. The molecular formula is C21H23ClN2O4S. The number of ether oxygens (including phenoxy) is 1. The summed E-state index contributed by atoms with van der Waals surface area (Å²) in [6, 6.07) is 14.5. The van der Waals surface area contributed by atoms with Gasteiger partial charge in [-0.15, -0.1) is 0 Å². The quantitative estimate of drug-likeness (QED) is 0.723. The molecule has 2 atom stereocenters. The maximum absolute atomic E-state index is 13.1. The van der Waals surface area contributed by atoms with E-state index in [1.54, 1.807) is 23.1 Å². The first kappa shape index (κ1) is 20.2. The lowest BCUT2D eigenvalue weighted by atomic mass is 10.0. The van der Waals surface area contributed by atoms with Crippen LogP contribution >= 0.6 is 11.6 Å². The van der Waals surface area contributed by atoms with Crippen LogP contribution in [-0.4, -0.2) is 63.0 Å². The van der Waals surface area contributed by atoms with E-state index in [1.807, 2.05) is 35.2 Å². The Kier molecular flexibility index (Phi) is 5.55. The van der Waals surface area contributed by atoms with Gasteiger partial charge in [-0.2, -0.15) is 0 Å². The number of amides is 1. The van der Waals surface area contributed by atoms with Crippen molar-refractivity contribution in [3.05, 3.63) is 59.1 Å². The number of carbonyl (C=O) groups is 1. The van der Waals surface area contributed by atoms with Crippen LogP contribution in [0.25, 0.3) is 0 Å². The minimum atomic E-state index is -3.23. The van der Waals surface area contributed by atoms with Crippen LogP contribution in [0.15, 0.2) is 48.5 Å². The van der Waals surface area contributed by atoms with Gasteiger partial charge in [-0.05, 0) is 30.2 Å². The maximum atomic E-state index is 13.1. The summed E-state index contributed by atoms with van der Waals surface area (Å²) in [5.41, 5.74) is 1.78. The summed E-state index contributed by atoms with van der Waals surface area (Å²) in [5.74, 6) is 0.437. The highest BCUT2D eigenvalue weighted by Crippen LogP contribution is 2.35. The fourth-order valence-electron chi connectivity index (χ4n) is 4.26. The van der Waals surface area contributed by atoms with Gasteiger partial charge in [-0.25, -0.2) is 8.42 Å². The number of methoxy groups -OCH3 is 1. The number of benzene rings is 2. The Morgan fingerprint density at radius 3 is 2.52 bits per heavy atom. The van der Waals surface area contributed by atoms with Gasteiger partial charge in [0, 0.05) is 18.3 Å². The number of hydrogen-bond donors (Lipinski definition) is 0. The SMILES string of the molecule is COc1ccc(N2C(=O)CN(CCc3ccccc3)[C@H]3CS(=O)(=O)C[C@@H]32)cc1Cl. The minimum Gasteiger partial charge on any atom is -0.495 e. The van der Waals surface area contributed by atoms with Crippen LogP contribution in [0.5, 0.6) is 5.75 Å². The summed E-state index contributed by atoms with van der Waals surface area (Å²) in [7, 11) is -1.70. The number of rotatable bonds is 5. The Bertz CT molecular complexity index is 1010. The molecule has 6 nitrogen and oxygen atoms in total. The van der Waals surface area contributed by atoms with Crippen molar-refractivity contribution in [2.24, 2.45) is 0 Å². The number of fused-ring (bicyclic) bond motifs is 1. The van der Waals surface area contributed by atoms with Gasteiger partial charge >= 0.3 is 0 Å². The zero-order valence-electron chi connectivity index (χ0n) is 16.1. The van der Waals surface area contributed by atoms with Crippen LogP contribution < -0.4 is 9.64 Å². The number of piperazine rings is 1. The van der Waals surface area contributed by atoms with Crippen LogP contribution in [0.3, 0.4) is 0 Å². The molecule has 1 amide bonds. The molecule has 2 aromatic rings. The fourth-order valence-corrected chi connectivity index (χ4v) is 6.49. The Labute approximate surface area is 175 Å². The lowest BCUT2D eigenvalue weighted by molar-refractivity contribution is -0.123. The normalized spacial score (nSPS) is 23.8. The molecule has 2 aliphatic heterocycles. The van der Waals surface area contributed by atoms with Crippen molar-refractivity contribution in [2.45, 2.75) is 18.5 Å². The highest BCUT2D eigenvalue weighted by atomic mass is 35.5. The van der Waals surface area contributed by atoms with E-state index in [1.165, 1.54) is 12.7 Å². The summed E-state index contributed by atoms with van der Waals surface area (Å²) in [4.78, 5) is 16.7. The molecule has 0 aliphatic carbocycles. The smallest absolute Gasteiger partial charge is 0.241 e. The van der Waals surface area contributed by atoms with Crippen molar-refractivity contribution in [1.29, 1.82) is 0 Å².